The van der Waals surface area contributed by atoms with Gasteiger partial charge in [0, 0.05) is 12.6 Å². The fourth-order valence-electron chi connectivity index (χ4n) is 3.05. The Hall–Kier alpha value is -1.29. The molecule has 1 aliphatic carbocycles. The number of ether oxygens (including phenoxy) is 1. The molecule has 0 saturated heterocycles. The Morgan fingerprint density at radius 2 is 2.21 bits per heavy atom. The van der Waals surface area contributed by atoms with E-state index in [0.717, 1.165) is 28.1 Å². The molecule has 4 heteroatoms. The Morgan fingerprint density at radius 1 is 1.42 bits per heavy atom. The van der Waals surface area contributed by atoms with Crippen LogP contribution in [0, 0.1) is 10.2 Å². The quantitative estimate of drug-likeness (QED) is 0.844. The fraction of sp³-hybridized carbons (Fsp3) is 0.533. The molecule has 19 heavy (non-hydrogen) atoms. The van der Waals surface area contributed by atoms with Crippen molar-refractivity contribution in [3.63, 3.8) is 0 Å². The molecule has 0 aliphatic heterocycles. The molecule has 1 heterocycles. The normalized spacial score (nSPS) is 17.4. The molecular weight excluding hydrogens is 256 g/mol. The van der Waals surface area contributed by atoms with Crippen LogP contribution in [0.4, 0.5) is 0 Å². The van der Waals surface area contributed by atoms with E-state index in [-0.39, 0.29) is 0 Å². The van der Waals surface area contributed by atoms with Gasteiger partial charge in [0.1, 0.15) is 5.75 Å². The molecule has 3 rings (SSSR count). The number of H-pyrrole nitrogens is 1. The third kappa shape index (κ3) is 2.08. The Morgan fingerprint density at radius 3 is 2.79 bits per heavy atom. The van der Waals surface area contributed by atoms with Crippen LogP contribution in [-0.2, 0) is 6.54 Å². The van der Waals surface area contributed by atoms with Crippen molar-refractivity contribution in [3.8, 4) is 5.75 Å². The molecule has 0 bridgehead atoms. The van der Waals surface area contributed by atoms with Gasteiger partial charge in [0.15, 0.2) is 4.77 Å². The minimum atomic E-state index is 0.455. The fourth-order valence-corrected chi connectivity index (χ4v) is 3.33. The number of benzene rings is 1. The van der Waals surface area contributed by atoms with Crippen molar-refractivity contribution in [2.75, 3.05) is 7.11 Å². The highest BCUT2D eigenvalue weighted by Gasteiger charge is 2.35. The number of nitrogens with zero attached hydrogens (tertiary/aromatic N) is 1. The Kier molecular flexibility index (Phi) is 3.13. The number of rotatable bonds is 4. The average Bonchev–Trinajstić information content (AvgIpc) is 2.69. The van der Waals surface area contributed by atoms with Crippen molar-refractivity contribution < 1.29 is 4.74 Å². The Bertz CT molecular complexity index is 646. The summed E-state index contributed by atoms with van der Waals surface area (Å²) in [7, 11) is 1.70. The van der Waals surface area contributed by atoms with E-state index < -0.39 is 0 Å². The lowest BCUT2D eigenvalue weighted by Gasteiger charge is -2.41. The number of hydrogen-bond acceptors (Lipinski definition) is 2. The molecule has 1 aliphatic rings. The number of hydrogen-bond donors (Lipinski definition) is 1. The second-order valence-electron chi connectivity index (χ2n) is 5.61. The molecule has 3 nitrogen and oxygen atoms in total. The number of aromatic nitrogens is 2. The summed E-state index contributed by atoms with van der Waals surface area (Å²) in [6.45, 7) is 3.31. The molecule has 1 saturated carbocycles. The van der Waals surface area contributed by atoms with Crippen LogP contribution >= 0.6 is 12.2 Å². The number of imidazole rings is 1. The van der Waals surface area contributed by atoms with Crippen LogP contribution in [-0.4, -0.2) is 16.7 Å². The molecule has 0 atom stereocenters. The summed E-state index contributed by atoms with van der Waals surface area (Å²) in [6.07, 6.45) is 5.22. The highest BCUT2D eigenvalue weighted by atomic mass is 32.1. The summed E-state index contributed by atoms with van der Waals surface area (Å²) in [5.41, 5.74) is 2.71. The maximum absolute atomic E-state index is 5.49. The molecule has 0 unspecified atom stereocenters. The summed E-state index contributed by atoms with van der Waals surface area (Å²) in [6, 6.07) is 6.08. The van der Waals surface area contributed by atoms with Gasteiger partial charge in [0.05, 0.1) is 18.1 Å². The van der Waals surface area contributed by atoms with Crippen LogP contribution in [0.1, 0.15) is 32.6 Å². The zero-order valence-corrected chi connectivity index (χ0v) is 12.3. The highest BCUT2D eigenvalue weighted by Crippen LogP contribution is 2.45. The zero-order valence-electron chi connectivity index (χ0n) is 11.5. The monoisotopic (exact) mass is 276 g/mol. The summed E-state index contributed by atoms with van der Waals surface area (Å²) in [5.74, 6) is 0.884. The zero-order chi connectivity index (χ0) is 13.5. The average molecular weight is 276 g/mol. The van der Waals surface area contributed by atoms with Crippen LogP contribution < -0.4 is 4.74 Å². The van der Waals surface area contributed by atoms with Gasteiger partial charge >= 0.3 is 0 Å². The van der Waals surface area contributed by atoms with Crippen LogP contribution in [0.15, 0.2) is 18.2 Å². The van der Waals surface area contributed by atoms with E-state index in [1.807, 2.05) is 12.1 Å². The topological polar surface area (TPSA) is 29.9 Å². The van der Waals surface area contributed by atoms with Gasteiger partial charge in [-0.1, -0.05) is 13.3 Å². The van der Waals surface area contributed by atoms with Crippen LogP contribution in [0.5, 0.6) is 5.75 Å². The van der Waals surface area contributed by atoms with Crippen LogP contribution in [0.3, 0.4) is 0 Å². The number of methoxy groups -OCH3 is 1. The van der Waals surface area contributed by atoms with Crippen molar-refractivity contribution in [1.82, 2.24) is 9.55 Å². The molecule has 102 valence electrons. The third-order valence-corrected chi connectivity index (χ3v) is 4.96. The van der Waals surface area contributed by atoms with Gasteiger partial charge in [-0.25, -0.2) is 0 Å². The van der Waals surface area contributed by atoms with E-state index in [2.05, 4.69) is 22.5 Å². The van der Waals surface area contributed by atoms with Crippen molar-refractivity contribution in [3.05, 3.63) is 23.0 Å². The predicted octanol–water partition coefficient (Wildman–Crippen LogP) is 4.29. The molecular formula is C15H20N2OS. The third-order valence-electron chi connectivity index (χ3n) is 4.64. The molecule has 0 radical (unpaired) electrons. The largest absolute Gasteiger partial charge is 0.497 e. The Balaban J connectivity index is 2.06. The first-order chi connectivity index (χ1) is 9.17. The number of fused-ring (bicyclic) bond motifs is 1. The number of nitrogens with one attached hydrogen (secondary N) is 1. The summed E-state index contributed by atoms with van der Waals surface area (Å²) in [5, 5.41) is 0. The summed E-state index contributed by atoms with van der Waals surface area (Å²) < 4.78 is 8.39. The first-order valence-electron chi connectivity index (χ1n) is 6.94. The van der Waals surface area contributed by atoms with Crippen molar-refractivity contribution in [1.29, 1.82) is 0 Å². The minimum absolute atomic E-state index is 0.455. The van der Waals surface area contributed by atoms with Gasteiger partial charge in [-0.05, 0) is 49.0 Å². The molecule has 0 spiro atoms. The molecule has 1 aromatic carbocycles. The molecule has 0 amide bonds. The van der Waals surface area contributed by atoms with Gasteiger partial charge in [-0.15, -0.1) is 0 Å². The van der Waals surface area contributed by atoms with E-state index in [0.29, 0.717) is 5.41 Å². The van der Waals surface area contributed by atoms with Gasteiger partial charge < -0.3 is 14.3 Å². The molecule has 1 N–H and O–H groups in total. The first kappa shape index (κ1) is 12.7. The lowest BCUT2D eigenvalue weighted by Crippen LogP contribution is -2.33. The predicted molar refractivity (Wildman–Crippen MR) is 80.2 cm³/mol. The minimum Gasteiger partial charge on any atom is -0.497 e. The van der Waals surface area contributed by atoms with Gasteiger partial charge in [0.25, 0.3) is 0 Å². The summed E-state index contributed by atoms with van der Waals surface area (Å²) >= 11 is 5.49. The van der Waals surface area contributed by atoms with E-state index in [4.69, 9.17) is 17.0 Å². The van der Waals surface area contributed by atoms with Crippen molar-refractivity contribution >= 4 is 23.3 Å². The summed E-state index contributed by atoms with van der Waals surface area (Å²) in [4.78, 5) is 3.30. The maximum atomic E-state index is 5.49. The lowest BCUT2D eigenvalue weighted by molar-refractivity contribution is 0.101. The first-order valence-corrected chi connectivity index (χ1v) is 7.35. The lowest BCUT2D eigenvalue weighted by atomic mass is 9.67. The van der Waals surface area contributed by atoms with E-state index in [9.17, 15) is 0 Å². The number of aromatic amines is 1. The highest BCUT2D eigenvalue weighted by molar-refractivity contribution is 7.71. The molecule has 1 aromatic heterocycles. The molecule has 1 fully saturated rings. The maximum Gasteiger partial charge on any atom is 0.178 e. The van der Waals surface area contributed by atoms with Crippen molar-refractivity contribution in [2.24, 2.45) is 5.41 Å². The van der Waals surface area contributed by atoms with Gasteiger partial charge in [-0.3, -0.25) is 0 Å². The van der Waals surface area contributed by atoms with Gasteiger partial charge in [-0.2, -0.15) is 0 Å². The SMILES string of the molecule is CCC1(Cn2c(=S)[nH]c3ccc(OC)cc32)CCC1. The molecule has 2 aromatic rings. The van der Waals surface area contributed by atoms with Crippen LogP contribution in [0.25, 0.3) is 11.0 Å². The van der Waals surface area contributed by atoms with Crippen LogP contribution in [0.2, 0.25) is 0 Å². The van der Waals surface area contributed by atoms with E-state index in [1.54, 1.807) is 7.11 Å². The van der Waals surface area contributed by atoms with Crippen molar-refractivity contribution in [2.45, 2.75) is 39.2 Å². The standard InChI is InChI=1S/C15H20N2OS/c1-3-15(7-4-8-15)10-17-13-9-11(18-2)5-6-12(13)16-14(17)19/h5-6,9H,3-4,7-8,10H2,1-2H3,(H,16,19). The van der Waals surface area contributed by atoms with Gasteiger partial charge in [0.2, 0.25) is 0 Å². The Labute approximate surface area is 118 Å². The van der Waals surface area contributed by atoms with E-state index >= 15 is 0 Å². The van der Waals surface area contributed by atoms with E-state index in [1.165, 1.54) is 25.7 Å². The second-order valence-corrected chi connectivity index (χ2v) is 5.99. The second kappa shape index (κ2) is 4.67. The smallest absolute Gasteiger partial charge is 0.178 e.